The Bertz CT molecular complexity index is 1730. The lowest BCUT2D eigenvalue weighted by molar-refractivity contribution is -0.138. The highest BCUT2D eigenvalue weighted by Gasteiger charge is 2.40. The third kappa shape index (κ3) is 8.91. The lowest BCUT2D eigenvalue weighted by Crippen LogP contribution is -2.56. The molecule has 2 aliphatic rings. The first-order chi connectivity index (χ1) is 23.1. The molecule has 9 nitrogen and oxygen atoms in total. The molecule has 49 heavy (non-hydrogen) atoms. The molecule has 2 saturated heterocycles. The zero-order valence-corrected chi connectivity index (χ0v) is 26.9. The van der Waals surface area contributed by atoms with Gasteiger partial charge in [0.25, 0.3) is 0 Å². The van der Waals surface area contributed by atoms with E-state index in [1.54, 1.807) is 24.3 Å². The van der Waals surface area contributed by atoms with Gasteiger partial charge in [0, 0.05) is 37.4 Å². The summed E-state index contributed by atoms with van der Waals surface area (Å²) in [6.07, 6.45) is -8.83. The van der Waals surface area contributed by atoms with Crippen molar-refractivity contribution in [2.24, 2.45) is 0 Å². The molecule has 2 aliphatic heterocycles. The van der Waals surface area contributed by atoms with Gasteiger partial charge in [-0.05, 0) is 73.0 Å². The standard InChI is InChI=1S/C33H34F6N4O5S/c34-32(35,36)23-9-7-22(8-10-23)20-28(30(44)40-25-11-13-26(14-12-25)42-16-18-48-19-17-42)41-31(45)29-6-1-2-15-43(29)49(46,47)27-5-3-4-24(21-27)33(37,38)39/h3-5,7-14,21,28-29H,1-2,6,15-20H2,(H,40,44)(H,41,45)/t28-,29?/m0/s1. The van der Waals surface area contributed by atoms with E-state index in [4.69, 9.17) is 4.74 Å². The van der Waals surface area contributed by atoms with E-state index < -0.39 is 62.3 Å². The number of alkyl halides is 6. The van der Waals surface area contributed by atoms with Crippen LogP contribution in [0.3, 0.4) is 0 Å². The second-order valence-electron chi connectivity index (χ2n) is 11.7. The predicted octanol–water partition coefficient (Wildman–Crippen LogP) is 5.47. The van der Waals surface area contributed by atoms with Gasteiger partial charge in [0.1, 0.15) is 12.1 Å². The normalized spacial score (nSPS) is 18.5. The van der Waals surface area contributed by atoms with E-state index in [1.165, 1.54) is 12.1 Å². The number of sulfonamides is 1. The fourth-order valence-corrected chi connectivity index (χ4v) is 7.48. The summed E-state index contributed by atoms with van der Waals surface area (Å²) in [6, 6.07) is 11.5. The Labute approximate surface area is 279 Å². The molecule has 0 aliphatic carbocycles. The number of hydrogen-bond donors (Lipinski definition) is 2. The fourth-order valence-electron chi connectivity index (χ4n) is 5.77. The molecule has 0 aromatic heterocycles. The Morgan fingerprint density at radius 3 is 2.12 bits per heavy atom. The van der Waals surface area contributed by atoms with Gasteiger partial charge in [-0.1, -0.05) is 24.6 Å². The van der Waals surface area contributed by atoms with Crippen molar-refractivity contribution >= 4 is 33.2 Å². The van der Waals surface area contributed by atoms with Crippen molar-refractivity contribution in [3.63, 3.8) is 0 Å². The quantitative estimate of drug-likeness (QED) is 0.285. The molecular formula is C33H34F6N4O5S. The van der Waals surface area contributed by atoms with Crippen LogP contribution in [0.15, 0.2) is 77.7 Å². The molecule has 5 rings (SSSR count). The topological polar surface area (TPSA) is 108 Å². The zero-order valence-electron chi connectivity index (χ0n) is 26.1. The van der Waals surface area contributed by atoms with E-state index >= 15 is 0 Å². The lowest BCUT2D eigenvalue weighted by Gasteiger charge is -2.34. The molecule has 2 fully saturated rings. The van der Waals surface area contributed by atoms with Crippen molar-refractivity contribution in [2.45, 2.75) is 55.0 Å². The highest BCUT2D eigenvalue weighted by molar-refractivity contribution is 7.89. The van der Waals surface area contributed by atoms with Gasteiger partial charge in [0.05, 0.1) is 29.2 Å². The number of benzene rings is 3. The van der Waals surface area contributed by atoms with Crippen molar-refractivity contribution in [3.8, 4) is 0 Å². The minimum Gasteiger partial charge on any atom is -0.378 e. The molecule has 1 unspecified atom stereocenters. The minimum absolute atomic E-state index is 0.0294. The maximum atomic E-state index is 13.7. The summed E-state index contributed by atoms with van der Waals surface area (Å²) < 4.78 is 113. The molecule has 3 aromatic carbocycles. The number of anilines is 2. The van der Waals surface area contributed by atoms with Crippen LogP contribution in [0.2, 0.25) is 0 Å². The Hall–Kier alpha value is -4.15. The smallest absolute Gasteiger partial charge is 0.378 e. The van der Waals surface area contributed by atoms with Crippen LogP contribution >= 0.6 is 0 Å². The molecule has 16 heteroatoms. The number of amides is 2. The van der Waals surface area contributed by atoms with Crippen LogP contribution in [0.5, 0.6) is 0 Å². The zero-order chi connectivity index (χ0) is 35.4. The van der Waals surface area contributed by atoms with Gasteiger partial charge in [0.15, 0.2) is 0 Å². The van der Waals surface area contributed by atoms with Crippen LogP contribution in [-0.4, -0.2) is 69.5 Å². The number of rotatable bonds is 9. The van der Waals surface area contributed by atoms with Gasteiger partial charge < -0.3 is 20.3 Å². The average Bonchev–Trinajstić information content (AvgIpc) is 3.08. The first kappa shape index (κ1) is 36.1. The maximum Gasteiger partial charge on any atom is 0.416 e. The van der Waals surface area contributed by atoms with Gasteiger partial charge in [-0.2, -0.15) is 30.6 Å². The summed E-state index contributed by atoms with van der Waals surface area (Å²) in [6.45, 7) is 2.37. The lowest BCUT2D eigenvalue weighted by atomic mass is 10.0. The van der Waals surface area contributed by atoms with Crippen molar-refractivity contribution in [1.82, 2.24) is 9.62 Å². The number of morpholine rings is 1. The number of hydrogen-bond acceptors (Lipinski definition) is 6. The van der Waals surface area contributed by atoms with Crippen LogP contribution in [0.25, 0.3) is 0 Å². The molecule has 0 radical (unpaired) electrons. The van der Waals surface area contributed by atoms with Crippen molar-refractivity contribution in [2.75, 3.05) is 43.1 Å². The Morgan fingerprint density at radius 1 is 0.837 bits per heavy atom. The first-order valence-corrected chi connectivity index (χ1v) is 17.0. The number of halogens is 6. The highest BCUT2D eigenvalue weighted by Crippen LogP contribution is 2.33. The Kier molecular flexibility index (Phi) is 10.9. The monoisotopic (exact) mass is 712 g/mol. The summed E-state index contributed by atoms with van der Waals surface area (Å²) in [5.41, 5.74) is -0.513. The summed E-state index contributed by atoms with van der Waals surface area (Å²) in [5, 5.41) is 5.28. The van der Waals surface area contributed by atoms with Crippen LogP contribution < -0.4 is 15.5 Å². The van der Waals surface area contributed by atoms with Crippen LogP contribution in [0, 0.1) is 0 Å². The third-order valence-corrected chi connectivity index (χ3v) is 10.3. The largest absolute Gasteiger partial charge is 0.416 e. The second-order valence-corrected chi connectivity index (χ2v) is 13.6. The number of carbonyl (C=O) groups is 2. The number of nitrogens with zero attached hydrogens (tertiary/aromatic N) is 2. The van der Waals surface area contributed by atoms with E-state index in [9.17, 15) is 44.3 Å². The number of ether oxygens (including phenoxy) is 1. The van der Waals surface area contributed by atoms with Gasteiger partial charge in [-0.15, -0.1) is 0 Å². The Balaban J connectivity index is 1.38. The molecule has 2 heterocycles. The molecule has 2 amide bonds. The minimum atomic E-state index is -4.80. The van der Waals surface area contributed by atoms with Crippen molar-refractivity contribution in [1.29, 1.82) is 0 Å². The highest BCUT2D eigenvalue weighted by atomic mass is 32.2. The summed E-state index contributed by atoms with van der Waals surface area (Å²) >= 11 is 0. The third-order valence-electron chi connectivity index (χ3n) is 8.39. The molecule has 2 N–H and O–H groups in total. The number of nitrogens with one attached hydrogen (secondary N) is 2. The van der Waals surface area contributed by atoms with Gasteiger partial charge in [-0.25, -0.2) is 8.42 Å². The fraction of sp³-hybridized carbons (Fsp3) is 0.394. The molecule has 3 aromatic rings. The predicted molar refractivity (Wildman–Crippen MR) is 168 cm³/mol. The molecule has 264 valence electrons. The summed E-state index contributed by atoms with van der Waals surface area (Å²) in [5.74, 6) is -1.58. The van der Waals surface area contributed by atoms with Gasteiger partial charge >= 0.3 is 12.4 Å². The summed E-state index contributed by atoms with van der Waals surface area (Å²) in [7, 11) is -4.58. The average molecular weight is 713 g/mol. The van der Waals surface area contributed by atoms with Crippen LogP contribution in [-0.2, 0) is 43.1 Å². The Morgan fingerprint density at radius 2 is 1.49 bits per heavy atom. The van der Waals surface area contributed by atoms with E-state index in [0.29, 0.717) is 50.9 Å². The molecule has 0 saturated carbocycles. The maximum absolute atomic E-state index is 13.7. The van der Waals surface area contributed by atoms with Gasteiger partial charge in [-0.3, -0.25) is 9.59 Å². The molecule has 0 spiro atoms. The van der Waals surface area contributed by atoms with E-state index in [1.807, 2.05) is 0 Å². The number of carbonyl (C=O) groups excluding carboxylic acids is 2. The van der Waals surface area contributed by atoms with E-state index in [-0.39, 0.29) is 24.9 Å². The van der Waals surface area contributed by atoms with Crippen LogP contribution in [0.4, 0.5) is 37.7 Å². The van der Waals surface area contributed by atoms with Gasteiger partial charge in [0.2, 0.25) is 21.8 Å². The summed E-state index contributed by atoms with van der Waals surface area (Å²) in [4.78, 5) is 28.8. The first-order valence-electron chi connectivity index (χ1n) is 15.5. The molecule has 0 bridgehead atoms. The van der Waals surface area contributed by atoms with E-state index in [2.05, 4.69) is 15.5 Å². The number of piperidine rings is 1. The van der Waals surface area contributed by atoms with Crippen molar-refractivity contribution in [3.05, 3.63) is 89.5 Å². The SMILES string of the molecule is O=C(N[C@@H](Cc1ccc(C(F)(F)F)cc1)C(=O)Nc1ccc(N2CCOCC2)cc1)C1CCCCN1S(=O)(=O)c1cccc(C(F)(F)F)c1. The van der Waals surface area contributed by atoms with Crippen molar-refractivity contribution < 1.29 is 49.1 Å². The van der Waals surface area contributed by atoms with E-state index in [0.717, 1.165) is 40.3 Å². The molecular weight excluding hydrogens is 678 g/mol. The molecule has 2 atom stereocenters. The van der Waals surface area contributed by atoms with Crippen LogP contribution in [0.1, 0.15) is 36.0 Å². The second kappa shape index (κ2) is 14.8.